The van der Waals surface area contributed by atoms with Gasteiger partial charge in [0.25, 0.3) is 0 Å². The molecule has 0 radical (unpaired) electrons. The summed E-state index contributed by atoms with van der Waals surface area (Å²) in [6, 6.07) is 10.2. The molecule has 2 aromatic carbocycles. The number of halogens is 1. The van der Waals surface area contributed by atoms with Crippen LogP contribution in [0.15, 0.2) is 55.1 Å². The van der Waals surface area contributed by atoms with Crippen LogP contribution >= 0.6 is 11.6 Å². The zero-order chi connectivity index (χ0) is 17.8. The van der Waals surface area contributed by atoms with Crippen molar-refractivity contribution in [3.05, 3.63) is 71.3 Å². The third-order valence-corrected chi connectivity index (χ3v) is 3.82. The Morgan fingerprint density at radius 2 is 2.04 bits per heavy atom. The van der Waals surface area contributed by atoms with E-state index in [0.717, 1.165) is 5.69 Å². The van der Waals surface area contributed by atoms with E-state index < -0.39 is 0 Å². The van der Waals surface area contributed by atoms with E-state index in [2.05, 4.69) is 10.1 Å². The van der Waals surface area contributed by atoms with Gasteiger partial charge in [-0.1, -0.05) is 17.7 Å². The molecule has 7 heteroatoms. The minimum Gasteiger partial charge on any atom is -0.503 e. The van der Waals surface area contributed by atoms with Crippen molar-refractivity contribution >= 4 is 23.5 Å². The van der Waals surface area contributed by atoms with Crippen molar-refractivity contribution in [3.8, 4) is 17.2 Å². The zero-order valence-corrected chi connectivity index (χ0v) is 14.0. The number of benzene rings is 2. The van der Waals surface area contributed by atoms with E-state index >= 15 is 0 Å². The predicted octanol–water partition coefficient (Wildman–Crippen LogP) is 3.53. The van der Waals surface area contributed by atoms with Gasteiger partial charge in [-0.3, -0.25) is 4.79 Å². The zero-order valence-electron chi connectivity index (χ0n) is 13.3. The maximum Gasteiger partial charge on any atom is 0.185 e. The van der Waals surface area contributed by atoms with Gasteiger partial charge in [-0.05, 0) is 48.0 Å². The standard InChI is InChI=1S/C18H14ClN3O3/c1-25-17-9-12(8-15(19)18(17)24)2-7-16(23)13-3-5-14(6-4-13)22-11-20-10-21-22/h2-11,24H,1H3/b7-2+. The fourth-order valence-corrected chi connectivity index (χ4v) is 2.45. The molecular weight excluding hydrogens is 342 g/mol. The molecule has 0 aliphatic heterocycles. The van der Waals surface area contributed by atoms with Crippen molar-refractivity contribution in [2.45, 2.75) is 0 Å². The molecule has 0 saturated heterocycles. The van der Waals surface area contributed by atoms with E-state index in [1.165, 1.54) is 19.5 Å². The minimum absolute atomic E-state index is 0.128. The fourth-order valence-electron chi connectivity index (χ4n) is 2.23. The van der Waals surface area contributed by atoms with E-state index in [1.54, 1.807) is 53.5 Å². The Morgan fingerprint density at radius 3 is 2.68 bits per heavy atom. The number of phenolic OH excluding ortho intramolecular Hbond substituents is 1. The summed E-state index contributed by atoms with van der Waals surface area (Å²) in [5, 5.41) is 13.9. The maximum atomic E-state index is 12.3. The van der Waals surface area contributed by atoms with Gasteiger partial charge in [0, 0.05) is 5.56 Å². The molecular formula is C18H14ClN3O3. The number of carbonyl (C=O) groups excluding carboxylic acids is 1. The summed E-state index contributed by atoms with van der Waals surface area (Å²) in [6.07, 6.45) is 6.08. The number of methoxy groups -OCH3 is 1. The van der Waals surface area contributed by atoms with Crippen molar-refractivity contribution in [2.24, 2.45) is 0 Å². The van der Waals surface area contributed by atoms with Gasteiger partial charge < -0.3 is 9.84 Å². The Morgan fingerprint density at radius 1 is 1.28 bits per heavy atom. The highest BCUT2D eigenvalue weighted by molar-refractivity contribution is 6.32. The van der Waals surface area contributed by atoms with Crippen molar-refractivity contribution in [3.63, 3.8) is 0 Å². The molecule has 1 aromatic heterocycles. The number of aromatic nitrogens is 3. The largest absolute Gasteiger partial charge is 0.503 e. The predicted molar refractivity (Wildman–Crippen MR) is 94.4 cm³/mol. The van der Waals surface area contributed by atoms with Gasteiger partial charge in [0.15, 0.2) is 17.3 Å². The third kappa shape index (κ3) is 3.70. The van der Waals surface area contributed by atoms with Gasteiger partial charge in [0.1, 0.15) is 12.7 Å². The summed E-state index contributed by atoms with van der Waals surface area (Å²) in [7, 11) is 1.43. The molecule has 3 aromatic rings. The molecule has 0 atom stereocenters. The van der Waals surface area contributed by atoms with E-state index in [9.17, 15) is 9.90 Å². The van der Waals surface area contributed by atoms with Gasteiger partial charge in [-0.2, -0.15) is 5.10 Å². The van der Waals surface area contributed by atoms with Crippen molar-refractivity contribution in [2.75, 3.05) is 7.11 Å². The van der Waals surface area contributed by atoms with Gasteiger partial charge in [-0.25, -0.2) is 9.67 Å². The SMILES string of the molecule is COc1cc(/C=C/C(=O)c2ccc(-n3cncn3)cc2)cc(Cl)c1O. The lowest BCUT2D eigenvalue weighted by molar-refractivity contribution is 0.104. The van der Waals surface area contributed by atoms with Crippen LogP contribution in [0.5, 0.6) is 11.5 Å². The van der Waals surface area contributed by atoms with E-state index in [1.807, 2.05) is 0 Å². The van der Waals surface area contributed by atoms with Crippen LogP contribution in [0.3, 0.4) is 0 Å². The van der Waals surface area contributed by atoms with Gasteiger partial charge in [0.2, 0.25) is 0 Å². The van der Waals surface area contributed by atoms with Crippen LogP contribution in [0.2, 0.25) is 5.02 Å². The number of ketones is 1. The number of rotatable bonds is 5. The Kier molecular flexibility index (Phi) is 4.81. The first kappa shape index (κ1) is 16.7. The normalized spacial score (nSPS) is 11.0. The number of phenols is 1. The molecule has 3 rings (SSSR count). The molecule has 0 aliphatic rings. The van der Waals surface area contributed by atoms with E-state index in [0.29, 0.717) is 11.1 Å². The lowest BCUT2D eigenvalue weighted by atomic mass is 10.1. The highest BCUT2D eigenvalue weighted by atomic mass is 35.5. The van der Waals surface area contributed by atoms with Crippen LogP contribution in [0.4, 0.5) is 0 Å². The van der Waals surface area contributed by atoms with Gasteiger partial charge in [0.05, 0.1) is 17.8 Å². The van der Waals surface area contributed by atoms with E-state index in [-0.39, 0.29) is 22.3 Å². The number of ether oxygens (including phenoxy) is 1. The number of carbonyl (C=O) groups is 1. The number of allylic oxidation sites excluding steroid dienone is 1. The van der Waals surface area contributed by atoms with Gasteiger partial charge in [-0.15, -0.1) is 0 Å². The summed E-state index contributed by atoms with van der Waals surface area (Å²) in [5.74, 6) is -0.0403. The molecule has 25 heavy (non-hydrogen) atoms. The first-order valence-electron chi connectivity index (χ1n) is 7.32. The van der Waals surface area contributed by atoms with Crippen LogP contribution in [-0.2, 0) is 0 Å². The molecule has 0 aliphatic carbocycles. The average molecular weight is 356 g/mol. The Labute approximate surface area is 149 Å². The topological polar surface area (TPSA) is 77.2 Å². The van der Waals surface area contributed by atoms with Crippen molar-refractivity contribution in [1.82, 2.24) is 14.8 Å². The number of aromatic hydroxyl groups is 1. The second-order valence-electron chi connectivity index (χ2n) is 5.14. The first-order valence-corrected chi connectivity index (χ1v) is 7.70. The average Bonchev–Trinajstić information content (AvgIpc) is 3.17. The number of hydrogen-bond donors (Lipinski definition) is 1. The summed E-state index contributed by atoms with van der Waals surface area (Å²) in [4.78, 5) is 16.2. The monoisotopic (exact) mass is 355 g/mol. The molecule has 0 saturated carbocycles. The summed E-state index contributed by atoms with van der Waals surface area (Å²) >= 11 is 5.93. The molecule has 0 fully saturated rings. The number of nitrogens with zero attached hydrogens (tertiary/aromatic N) is 3. The van der Waals surface area contributed by atoms with Crippen LogP contribution in [-0.4, -0.2) is 32.8 Å². The Balaban J connectivity index is 1.78. The van der Waals surface area contributed by atoms with Crippen molar-refractivity contribution < 1.29 is 14.6 Å². The highest BCUT2D eigenvalue weighted by Crippen LogP contribution is 2.35. The highest BCUT2D eigenvalue weighted by Gasteiger charge is 2.08. The summed E-state index contributed by atoms with van der Waals surface area (Å²) in [5.41, 5.74) is 2.00. The van der Waals surface area contributed by atoms with Crippen LogP contribution in [0.25, 0.3) is 11.8 Å². The molecule has 0 bridgehead atoms. The molecule has 0 amide bonds. The van der Waals surface area contributed by atoms with Crippen LogP contribution in [0.1, 0.15) is 15.9 Å². The van der Waals surface area contributed by atoms with Gasteiger partial charge >= 0.3 is 0 Å². The van der Waals surface area contributed by atoms with Crippen molar-refractivity contribution in [1.29, 1.82) is 0 Å². The summed E-state index contributed by atoms with van der Waals surface area (Å²) < 4.78 is 6.65. The maximum absolute atomic E-state index is 12.3. The quantitative estimate of drug-likeness (QED) is 0.559. The second-order valence-corrected chi connectivity index (χ2v) is 5.55. The van der Waals surface area contributed by atoms with Crippen LogP contribution < -0.4 is 4.74 Å². The fraction of sp³-hybridized carbons (Fsp3) is 0.0556. The Bertz CT molecular complexity index is 919. The third-order valence-electron chi connectivity index (χ3n) is 3.53. The number of hydrogen-bond acceptors (Lipinski definition) is 5. The molecule has 0 unspecified atom stereocenters. The molecule has 1 heterocycles. The lowest BCUT2D eigenvalue weighted by Gasteiger charge is -2.06. The van der Waals surface area contributed by atoms with Crippen LogP contribution in [0, 0.1) is 0 Å². The Hall–Kier alpha value is -3.12. The molecule has 126 valence electrons. The first-order chi connectivity index (χ1) is 12.1. The smallest absolute Gasteiger partial charge is 0.185 e. The second kappa shape index (κ2) is 7.19. The molecule has 6 nitrogen and oxygen atoms in total. The minimum atomic E-state index is -0.159. The molecule has 0 spiro atoms. The van der Waals surface area contributed by atoms with E-state index in [4.69, 9.17) is 16.3 Å². The molecule has 1 N–H and O–H groups in total. The summed E-state index contributed by atoms with van der Waals surface area (Å²) in [6.45, 7) is 0. The lowest BCUT2D eigenvalue weighted by Crippen LogP contribution is -1.97.